The highest BCUT2D eigenvalue weighted by Crippen LogP contribution is 2.22. The topological polar surface area (TPSA) is 77.6 Å². The van der Waals surface area contributed by atoms with E-state index in [2.05, 4.69) is 25.1 Å². The molecule has 7 heteroatoms. The number of nitrogens with zero attached hydrogens (tertiary/aromatic N) is 5. The molecule has 88 valence electrons. The maximum absolute atomic E-state index is 5.80. The van der Waals surface area contributed by atoms with Crippen LogP contribution in [0.5, 0.6) is 0 Å². The minimum absolute atomic E-state index is 0.371. The van der Waals surface area contributed by atoms with Crippen LogP contribution in [-0.4, -0.2) is 25.1 Å². The molecule has 3 aromatic rings. The van der Waals surface area contributed by atoms with Crippen LogP contribution in [0.4, 0.5) is 0 Å². The van der Waals surface area contributed by atoms with E-state index in [0.717, 1.165) is 0 Å². The minimum Gasteiger partial charge on any atom is -0.334 e. The summed E-state index contributed by atoms with van der Waals surface area (Å²) in [6.45, 7) is 0. The molecule has 3 heterocycles. The first-order chi connectivity index (χ1) is 8.83. The average Bonchev–Trinajstić information content (AvgIpc) is 2.89. The molecule has 0 fully saturated rings. The van der Waals surface area contributed by atoms with Gasteiger partial charge < -0.3 is 4.52 Å². The SMILES string of the molecule is Clc1cc(-c2nc(-c3cncnc3)no2)ccn1. The van der Waals surface area contributed by atoms with Gasteiger partial charge in [-0.15, -0.1) is 0 Å². The van der Waals surface area contributed by atoms with Crippen molar-refractivity contribution in [3.63, 3.8) is 0 Å². The molecule has 3 rings (SSSR count). The van der Waals surface area contributed by atoms with E-state index in [-0.39, 0.29) is 0 Å². The Hall–Kier alpha value is -2.34. The second-order valence-electron chi connectivity index (χ2n) is 3.42. The molecule has 0 unspecified atom stereocenters. The molecule has 0 spiro atoms. The highest BCUT2D eigenvalue weighted by molar-refractivity contribution is 6.29. The first-order valence-electron chi connectivity index (χ1n) is 5.04. The Morgan fingerprint density at radius 3 is 2.72 bits per heavy atom. The Labute approximate surface area is 107 Å². The van der Waals surface area contributed by atoms with E-state index in [1.165, 1.54) is 6.33 Å². The Bertz CT molecular complexity index is 670. The van der Waals surface area contributed by atoms with Gasteiger partial charge in [-0.2, -0.15) is 4.98 Å². The molecule has 6 nitrogen and oxygen atoms in total. The van der Waals surface area contributed by atoms with E-state index in [4.69, 9.17) is 16.1 Å². The Morgan fingerprint density at radius 2 is 1.94 bits per heavy atom. The maximum atomic E-state index is 5.80. The summed E-state index contributed by atoms with van der Waals surface area (Å²) in [6, 6.07) is 3.39. The fraction of sp³-hybridized carbons (Fsp3) is 0. The van der Waals surface area contributed by atoms with Gasteiger partial charge in [0.15, 0.2) is 0 Å². The summed E-state index contributed by atoms with van der Waals surface area (Å²) >= 11 is 5.80. The molecule has 0 bridgehead atoms. The number of halogens is 1. The van der Waals surface area contributed by atoms with E-state index < -0.39 is 0 Å². The summed E-state index contributed by atoms with van der Waals surface area (Å²) in [7, 11) is 0. The molecular formula is C11H6ClN5O. The molecule has 0 saturated heterocycles. The second kappa shape index (κ2) is 4.50. The second-order valence-corrected chi connectivity index (χ2v) is 3.80. The summed E-state index contributed by atoms with van der Waals surface area (Å²) in [5.41, 5.74) is 1.40. The van der Waals surface area contributed by atoms with Gasteiger partial charge in [-0.1, -0.05) is 16.8 Å². The highest BCUT2D eigenvalue weighted by Gasteiger charge is 2.11. The zero-order chi connectivity index (χ0) is 12.4. The zero-order valence-corrected chi connectivity index (χ0v) is 9.74. The third-order valence-electron chi connectivity index (χ3n) is 2.22. The normalized spacial score (nSPS) is 10.5. The van der Waals surface area contributed by atoms with Crippen LogP contribution in [0.15, 0.2) is 41.6 Å². The summed E-state index contributed by atoms with van der Waals surface area (Å²) in [6.07, 6.45) is 6.24. The van der Waals surface area contributed by atoms with Crippen LogP contribution in [0.25, 0.3) is 22.8 Å². The van der Waals surface area contributed by atoms with E-state index in [0.29, 0.717) is 28.0 Å². The number of rotatable bonds is 2. The van der Waals surface area contributed by atoms with Gasteiger partial charge in [0.1, 0.15) is 11.5 Å². The lowest BCUT2D eigenvalue weighted by molar-refractivity contribution is 0.432. The van der Waals surface area contributed by atoms with Crippen LogP contribution in [0.1, 0.15) is 0 Å². The number of aromatic nitrogens is 5. The predicted octanol–water partition coefficient (Wildman–Crippen LogP) is 2.24. The van der Waals surface area contributed by atoms with Crippen molar-refractivity contribution in [3.8, 4) is 22.8 Å². The number of hydrogen-bond donors (Lipinski definition) is 0. The Morgan fingerprint density at radius 1 is 1.11 bits per heavy atom. The molecular weight excluding hydrogens is 254 g/mol. The van der Waals surface area contributed by atoms with Crippen molar-refractivity contribution in [2.24, 2.45) is 0 Å². The smallest absolute Gasteiger partial charge is 0.258 e. The third kappa shape index (κ3) is 2.05. The van der Waals surface area contributed by atoms with Gasteiger partial charge in [0, 0.05) is 24.2 Å². The fourth-order valence-corrected chi connectivity index (χ4v) is 1.58. The van der Waals surface area contributed by atoms with Crippen molar-refractivity contribution in [3.05, 3.63) is 42.2 Å². The Kier molecular flexibility index (Phi) is 2.70. The van der Waals surface area contributed by atoms with Gasteiger partial charge in [0.05, 0.1) is 5.56 Å². The highest BCUT2D eigenvalue weighted by atomic mass is 35.5. The summed E-state index contributed by atoms with van der Waals surface area (Å²) in [5.74, 6) is 0.802. The molecule has 3 aromatic heterocycles. The van der Waals surface area contributed by atoms with Gasteiger partial charge >= 0.3 is 0 Å². The summed E-state index contributed by atoms with van der Waals surface area (Å²) in [5, 5.41) is 4.23. The van der Waals surface area contributed by atoms with Crippen molar-refractivity contribution in [2.75, 3.05) is 0 Å². The van der Waals surface area contributed by atoms with Gasteiger partial charge in [-0.25, -0.2) is 15.0 Å². The lowest BCUT2D eigenvalue weighted by atomic mass is 10.2. The monoisotopic (exact) mass is 259 g/mol. The molecule has 0 atom stereocenters. The standard InChI is InChI=1S/C11H6ClN5O/c12-9-3-7(1-2-15-9)11-16-10(17-18-11)8-4-13-6-14-5-8/h1-6H. The van der Waals surface area contributed by atoms with Crippen LogP contribution in [0.3, 0.4) is 0 Å². The molecule has 0 aliphatic rings. The average molecular weight is 260 g/mol. The molecule has 0 radical (unpaired) electrons. The van der Waals surface area contributed by atoms with Crippen LogP contribution in [-0.2, 0) is 0 Å². The lowest BCUT2D eigenvalue weighted by Gasteiger charge is -1.93. The van der Waals surface area contributed by atoms with E-state index >= 15 is 0 Å². The molecule has 0 aromatic carbocycles. The Balaban J connectivity index is 2.00. The number of pyridine rings is 1. The van der Waals surface area contributed by atoms with Gasteiger partial charge in [0.2, 0.25) is 5.82 Å². The van der Waals surface area contributed by atoms with Crippen molar-refractivity contribution >= 4 is 11.6 Å². The fourth-order valence-electron chi connectivity index (χ4n) is 1.41. The van der Waals surface area contributed by atoms with Gasteiger partial charge in [-0.3, -0.25) is 0 Å². The molecule has 0 saturated carbocycles. The van der Waals surface area contributed by atoms with E-state index in [9.17, 15) is 0 Å². The maximum Gasteiger partial charge on any atom is 0.258 e. The van der Waals surface area contributed by atoms with Crippen LogP contribution < -0.4 is 0 Å². The predicted molar refractivity (Wildman–Crippen MR) is 63.6 cm³/mol. The van der Waals surface area contributed by atoms with Gasteiger partial charge in [-0.05, 0) is 12.1 Å². The van der Waals surface area contributed by atoms with Gasteiger partial charge in [0.25, 0.3) is 5.89 Å². The third-order valence-corrected chi connectivity index (χ3v) is 2.43. The first kappa shape index (κ1) is 10.8. The van der Waals surface area contributed by atoms with Crippen molar-refractivity contribution in [1.29, 1.82) is 0 Å². The van der Waals surface area contributed by atoms with Crippen molar-refractivity contribution in [1.82, 2.24) is 25.1 Å². The minimum atomic E-state index is 0.371. The molecule has 18 heavy (non-hydrogen) atoms. The summed E-state index contributed by atoms with van der Waals surface area (Å²) in [4.78, 5) is 15.9. The van der Waals surface area contributed by atoms with Crippen molar-refractivity contribution in [2.45, 2.75) is 0 Å². The first-order valence-corrected chi connectivity index (χ1v) is 5.42. The lowest BCUT2D eigenvalue weighted by Crippen LogP contribution is -1.84. The molecule has 0 aliphatic carbocycles. The molecule has 0 amide bonds. The van der Waals surface area contributed by atoms with Crippen molar-refractivity contribution < 1.29 is 4.52 Å². The molecule has 0 aliphatic heterocycles. The van der Waals surface area contributed by atoms with Crippen LogP contribution in [0, 0.1) is 0 Å². The zero-order valence-electron chi connectivity index (χ0n) is 8.99. The quantitative estimate of drug-likeness (QED) is 0.657. The number of hydrogen-bond acceptors (Lipinski definition) is 6. The van der Waals surface area contributed by atoms with Crippen LogP contribution >= 0.6 is 11.6 Å². The van der Waals surface area contributed by atoms with E-state index in [1.807, 2.05) is 0 Å². The van der Waals surface area contributed by atoms with Crippen LogP contribution in [0.2, 0.25) is 5.15 Å². The molecule has 0 N–H and O–H groups in total. The summed E-state index contributed by atoms with van der Waals surface area (Å²) < 4.78 is 5.16. The largest absolute Gasteiger partial charge is 0.334 e. The van der Waals surface area contributed by atoms with E-state index in [1.54, 1.807) is 30.7 Å².